The maximum absolute atomic E-state index is 6.34. The van der Waals surface area contributed by atoms with Crippen LogP contribution in [-0.4, -0.2) is 9.55 Å². The first kappa shape index (κ1) is 20.1. The number of imidazole rings is 1. The molecule has 0 spiro atoms. The number of para-hydroxylation sites is 1. The predicted molar refractivity (Wildman–Crippen MR) is 126 cm³/mol. The van der Waals surface area contributed by atoms with E-state index in [1.807, 2.05) is 24.3 Å². The van der Waals surface area contributed by atoms with Crippen LogP contribution < -0.4 is 16.8 Å². The van der Waals surface area contributed by atoms with E-state index in [-0.39, 0.29) is 12.4 Å². The van der Waals surface area contributed by atoms with Crippen molar-refractivity contribution in [1.82, 2.24) is 9.55 Å². The quantitative estimate of drug-likeness (QED) is 0.343. The normalized spacial score (nSPS) is 11.3. The second kappa shape index (κ2) is 7.72. The summed E-state index contributed by atoms with van der Waals surface area (Å²) < 4.78 is 5.42. The number of nitrogens with zero attached hydrogens (tertiary/aromatic N) is 2. The fourth-order valence-electron chi connectivity index (χ4n) is 4.25. The monoisotopic (exact) mass is 507 g/mol. The number of aromatic nitrogens is 3. The first-order valence-electron chi connectivity index (χ1n) is 9.67. The highest BCUT2D eigenvalue weighted by atomic mass is 79.9. The molecule has 0 radical (unpaired) electrons. The molecule has 0 aliphatic carbocycles. The van der Waals surface area contributed by atoms with Crippen LogP contribution in [0.3, 0.4) is 0 Å². The number of hydrogen-bond donors (Lipinski definition) is 1. The van der Waals surface area contributed by atoms with Crippen LogP contribution in [-0.2, 0) is 0 Å². The van der Waals surface area contributed by atoms with Gasteiger partial charge >= 0.3 is 0 Å². The Balaban J connectivity index is 0.00000204. The van der Waals surface area contributed by atoms with Crippen molar-refractivity contribution in [2.45, 2.75) is 0 Å². The number of fused-ring (bicyclic) bond motifs is 5. The largest absolute Gasteiger partial charge is 1.00 e. The van der Waals surface area contributed by atoms with E-state index in [0.29, 0.717) is 5.02 Å². The molecule has 1 N–H and O–H groups in total. The highest BCUT2D eigenvalue weighted by molar-refractivity contribution is 9.10. The van der Waals surface area contributed by atoms with Crippen molar-refractivity contribution in [3.63, 3.8) is 0 Å². The number of hydrogen-bond acceptors (Lipinski definition) is 0. The number of halogens is 3. The van der Waals surface area contributed by atoms with Gasteiger partial charge in [-0.15, -0.1) is 0 Å². The zero-order valence-corrected chi connectivity index (χ0v) is 19.3. The van der Waals surface area contributed by atoms with Gasteiger partial charge in [0, 0.05) is 37.4 Å². The minimum absolute atomic E-state index is 0. The summed E-state index contributed by atoms with van der Waals surface area (Å²) in [5, 5.41) is 3.15. The van der Waals surface area contributed by atoms with E-state index in [2.05, 4.69) is 97.0 Å². The van der Waals surface area contributed by atoms with E-state index in [1.165, 1.54) is 10.8 Å². The van der Waals surface area contributed by atoms with Crippen LogP contribution >= 0.6 is 27.5 Å². The zero-order chi connectivity index (χ0) is 20.2. The van der Waals surface area contributed by atoms with Gasteiger partial charge in [-0.2, -0.15) is 8.97 Å². The molecule has 0 amide bonds. The third kappa shape index (κ3) is 3.14. The van der Waals surface area contributed by atoms with Crippen LogP contribution in [0.1, 0.15) is 0 Å². The van der Waals surface area contributed by atoms with Crippen LogP contribution in [0.15, 0.2) is 95.9 Å². The maximum atomic E-state index is 6.34. The summed E-state index contributed by atoms with van der Waals surface area (Å²) in [6, 6.07) is 26.9. The Morgan fingerprint density at radius 2 is 1.68 bits per heavy atom. The lowest BCUT2D eigenvalue weighted by Gasteiger charge is -2.05. The summed E-state index contributed by atoms with van der Waals surface area (Å²) in [5.41, 5.74) is 6.60. The SMILES string of the molecule is Clc1cccc(-n2c[n+]3ccc4c5ccccc5[nH]c4c3c2-c2ccccc2Br)c1.[Cl-]. The van der Waals surface area contributed by atoms with E-state index in [4.69, 9.17) is 11.6 Å². The Morgan fingerprint density at radius 3 is 2.52 bits per heavy atom. The van der Waals surface area contributed by atoms with Gasteiger partial charge in [-0.1, -0.05) is 63.9 Å². The lowest BCUT2D eigenvalue weighted by molar-refractivity contribution is -0.510. The Morgan fingerprint density at radius 1 is 0.871 bits per heavy atom. The van der Waals surface area contributed by atoms with Crippen LogP contribution in [0.25, 0.3) is 44.3 Å². The molecule has 0 fully saturated rings. The lowest BCUT2D eigenvalue weighted by atomic mass is 10.1. The molecule has 6 rings (SSSR count). The van der Waals surface area contributed by atoms with Gasteiger partial charge in [0.15, 0.2) is 5.69 Å². The van der Waals surface area contributed by atoms with Gasteiger partial charge in [0.2, 0.25) is 5.52 Å². The Labute approximate surface area is 198 Å². The number of benzene rings is 3. The predicted octanol–water partition coefficient (Wildman–Crippen LogP) is 3.94. The molecule has 152 valence electrons. The van der Waals surface area contributed by atoms with E-state index in [0.717, 1.165) is 38.0 Å². The molecule has 0 aliphatic heterocycles. The first-order valence-corrected chi connectivity index (χ1v) is 10.8. The van der Waals surface area contributed by atoms with Gasteiger partial charge in [-0.25, -0.2) is 0 Å². The molecule has 3 aromatic carbocycles. The van der Waals surface area contributed by atoms with Crippen LogP contribution in [0.4, 0.5) is 0 Å². The van der Waals surface area contributed by atoms with Crippen molar-refractivity contribution in [3.05, 3.63) is 101 Å². The summed E-state index contributed by atoms with van der Waals surface area (Å²) in [7, 11) is 0. The molecular formula is C25H16BrCl2N3. The standard InChI is InChI=1S/C25H16BrClN3.ClH/c26-21-10-3-1-9-20(21)24-25-23-19(18-8-2-4-11-22(18)28-23)12-13-29(25)15-30(24)17-7-5-6-16(27)14-17;/h1-15,28H;1H/q+1;/p-1. The Hall–Kier alpha value is -2.79. The highest BCUT2D eigenvalue weighted by Crippen LogP contribution is 2.36. The number of pyridine rings is 1. The molecule has 6 aromatic rings. The third-order valence-corrected chi connectivity index (χ3v) is 6.49. The van der Waals surface area contributed by atoms with Crippen molar-refractivity contribution >= 4 is 54.9 Å². The van der Waals surface area contributed by atoms with Crippen molar-refractivity contribution < 1.29 is 16.8 Å². The number of nitrogens with one attached hydrogen (secondary N) is 1. The topological polar surface area (TPSA) is 24.8 Å². The molecular weight excluding hydrogens is 493 g/mol. The van der Waals surface area contributed by atoms with Gasteiger partial charge in [-0.05, 0) is 36.4 Å². The van der Waals surface area contributed by atoms with E-state index < -0.39 is 0 Å². The summed E-state index contributed by atoms with van der Waals surface area (Å²) in [5.74, 6) is 0. The summed E-state index contributed by atoms with van der Waals surface area (Å²) >= 11 is 10.1. The molecule has 0 atom stereocenters. The minimum Gasteiger partial charge on any atom is -1.00 e. The summed E-state index contributed by atoms with van der Waals surface area (Å²) in [6.07, 6.45) is 4.24. The molecule has 31 heavy (non-hydrogen) atoms. The average molecular weight is 509 g/mol. The molecule has 0 saturated heterocycles. The smallest absolute Gasteiger partial charge is 0.254 e. The average Bonchev–Trinajstić information content (AvgIpc) is 3.32. The van der Waals surface area contributed by atoms with Crippen molar-refractivity contribution in [2.75, 3.05) is 0 Å². The fraction of sp³-hybridized carbons (Fsp3) is 0. The van der Waals surface area contributed by atoms with Crippen molar-refractivity contribution in [1.29, 1.82) is 0 Å². The van der Waals surface area contributed by atoms with E-state index >= 15 is 0 Å². The van der Waals surface area contributed by atoms with Gasteiger partial charge < -0.3 is 17.4 Å². The molecule has 0 saturated carbocycles. The van der Waals surface area contributed by atoms with Crippen LogP contribution in [0, 0.1) is 0 Å². The van der Waals surface area contributed by atoms with Gasteiger partial charge in [0.1, 0.15) is 5.69 Å². The molecule has 3 nitrogen and oxygen atoms in total. The molecule has 3 heterocycles. The first-order chi connectivity index (χ1) is 14.7. The number of aromatic amines is 1. The summed E-state index contributed by atoms with van der Waals surface area (Å²) in [6.45, 7) is 0. The molecule has 6 heteroatoms. The zero-order valence-electron chi connectivity index (χ0n) is 16.2. The lowest BCUT2D eigenvalue weighted by Crippen LogP contribution is -3.00. The maximum Gasteiger partial charge on any atom is 0.254 e. The molecule has 3 aromatic heterocycles. The second-order valence-corrected chi connectivity index (χ2v) is 8.62. The van der Waals surface area contributed by atoms with Crippen molar-refractivity contribution in [3.8, 4) is 16.9 Å². The molecule has 0 aliphatic rings. The molecule has 0 bridgehead atoms. The minimum atomic E-state index is 0. The number of H-pyrrole nitrogens is 1. The molecule has 0 unspecified atom stereocenters. The Kier molecular flexibility index (Phi) is 5.01. The van der Waals surface area contributed by atoms with Crippen LogP contribution in [0.5, 0.6) is 0 Å². The summed E-state index contributed by atoms with van der Waals surface area (Å²) in [4.78, 5) is 3.65. The second-order valence-electron chi connectivity index (χ2n) is 7.32. The van der Waals surface area contributed by atoms with Crippen molar-refractivity contribution in [2.24, 2.45) is 0 Å². The van der Waals surface area contributed by atoms with Gasteiger partial charge in [0.05, 0.1) is 11.7 Å². The van der Waals surface area contributed by atoms with Gasteiger partial charge in [0.25, 0.3) is 6.33 Å². The Bertz CT molecular complexity index is 1580. The number of rotatable bonds is 2. The van der Waals surface area contributed by atoms with E-state index in [9.17, 15) is 0 Å². The van der Waals surface area contributed by atoms with E-state index in [1.54, 1.807) is 0 Å². The van der Waals surface area contributed by atoms with Crippen LogP contribution in [0.2, 0.25) is 5.02 Å². The third-order valence-electron chi connectivity index (χ3n) is 5.56. The fourth-order valence-corrected chi connectivity index (χ4v) is 4.90. The highest BCUT2D eigenvalue weighted by Gasteiger charge is 2.26. The van der Waals surface area contributed by atoms with Gasteiger partial charge in [-0.3, -0.25) is 0 Å².